The molecule has 2 rings (SSSR count). The Kier molecular flexibility index (Phi) is 5.61. The average Bonchev–Trinajstić information content (AvgIpc) is 2.98. The highest BCUT2D eigenvalue weighted by atomic mass is 32.1. The van der Waals surface area contributed by atoms with Crippen molar-refractivity contribution < 1.29 is 9.59 Å². The summed E-state index contributed by atoms with van der Waals surface area (Å²) in [7, 11) is 0. The van der Waals surface area contributed by atoms with Crippen LogP contribution in [-0.2, 0) is 11.3 Å². The van der Waals surface area contributed by atoms with Crippen LogP contribution >= 0.6 is 11.3 Å². The zero-order chi connectivity index (χ0) is 15.2. The molecule has 116 valence electrons. The van der Waals surface area contributed by atoms with E-state index in [0.717, 1.165) is 24.9 Å². The maximum atomic E-state index is 12.4. The van der Waals surface area contributed by atoms with Crippen LogP contribution in [0, 0.1) is 0 Å². The Bertz CT molecular complexity index is 475. The number of hydrogen-bond donors (Lipinski definition) is 2. The molecule has 3 amide bonds. The zero-order valence-corrected chi connectivity index (χ0v) is 13.4. The van der Waals surface area contributed by atoms with E-state index in [-0.39, 0.29) is 18.0 Å². The molecule has 6 heteroatoms. The van der Waals surface area contributed by atoms with Gasteiger partial charge in [-0.3, -0.25) is 4.79 Å². The van der Waals surface area contributed by atoms with Gasteiger partial charge in [-0.2, -0.15) is 11.3 Å². The van der Waals surface area contributed by atoms with Crippen LogP contribution in [0.2, 0.25) is 0 Å². The van der Waals surface area contributed by atoms with E-state index in [4.69, 9.17) is 0 Å². The van der Waals surface area contributed by atoms with Crippen LogP contribution in [0.15, 0.2) is 16.8 Å². The van der Waals surface area contributed by atoms with Gasteiger partial charge in [0.05, 0.1) is 0 Å². The van der Waals surface area contributed by atoms with Gasteiger partial charge in [-0.15, -0.1) is 0 Å². The van der Waals surface area contributed by atoms with E-state index in [1.54, 1.807) is 18.3 Å². The van der Waals surface area contributed by atoms with E-state index in [1.165, 1.54) is 6.42 Å². The molecular formula is C15H23N3O2S. The molecule has 0 unspecified atom stereocenters. The van der Waals surface area contributed by atoms with Gasteiger partial charge in [-0.1, -0.05) is 0 Å². The smallest absolute Gasteiger partial charge is 0.315 e. The second-order valence-corrected chi connectivity index (χ2v) is 6.34. The minimum absolute atomic E-state index is 0.00730. The van der Waals surface area contributed by atoms with Crippen molar-refractivity contribution in [3.05, 3.63) is 22.4 Å². The lowest BCUT2D eigenvalue weighted by molar-refractivity contribution is -0.136. The zero-order valence-electron chi connectivity index (χ0n) is 12.6. The maximum absolute atomic E-state index is 12.4. The van der Waals surface area contributed by atoms with Crippen LogP contribution in [0.25, 0.3) is 0 Å². The molecule has 1 fully saturated rings. The van der Waals surface area contributed by atoms with Crippen molar-refractivity contribution in [1.29, 1.82) is 0 Å². The van der Waals surface area contributed by atoms with Crippen LogP contribution in [0.3, 0.4) is 0 Å². The molecule has 1 aromatic heterocycles. The number of amides is 3. The van der Waals surface area contributed by atoms with Gasteiger partial charge < -0.3 is 15.5 Å². The number of urea groups is 1. The quantitative estimate of drug-likeness (QED) is 0.897. The van der Waals surface area contributed by atoms with Gasteiger partial charge in [-0.25, -0.2) is 4.79 Å². The first kappa shape index (κ1) is 15.8. The molecule has 1 aliphatic rings. The van der Waals surface area contributed by atoms with Crippen molar-refractivity contribution in [3.63, 3.8) is 0 Å². The highest BCUT2D eigenvalue weighted by Crippen LogP contribution is 2.17. The summed E-state index contributed by atoms with van der Waals surface area (Å²) in [5, 5.41) is 9.45. The summed E-state index contributed by atoms with van der Waals surface area (Å²) in [6.45, 7) is 5.09. The molecule has 0 saturated carbocycles. The fourth-order valence-corrected chi connectivity index (χ4v) is 3.23. The predicted octanol–water partition coefficient (Wildman–Crippen LogP) is 2.34. The summed E-state index contributed by atoms with van der Waals surface area (Å²) < 4.78 is 0. The van der Waals surface area contributed by atoms with Crippen molar-refractivity contribution >= 4 is 23.3 Å². The lowest BCUT2D eigenvalue weighted by Gasteiger charge is -2.35. The Morgan fingerprint density at radius 1 is 1.48 bits per heavy atom. The minimum atomic E-state index is -0.493. The van der Waals surface area contributed by atoms with Gasteiger partial charge in [0.15, 0.2) is 0 Å². The second kappa shape index (κ2) is 7.45. The number of rotatable bonds is 4. The van der Waals surface area contributed by atoms with Crippen LogP contribution in [0.1, 0.15) is 38.7 Å². The molecule has 0 radical (unpaired) electrons. The molecule has 1 saturated heterocycles. The van der Waals surface area contributed by atoms with Gasteiger partial charge in [0.25, 0.3) is 0 Å². The van der Waals surface area contributed by atoms with E-state index < -0.39 is 6.04 Å². The van der Waals surface area contributed by atoms with Crippen LogP contribution in [0.5, 0.6) is 0 Å². The number of hydrogen-bond acceptors (Lipinski definition) is 3. The molecule has 21 heavy (non-hydrogen) atoms. The fourth-order valence-electron chi connectivity index (χ4n) is 2.56. The number of thiophene rings is 1. The largest absolute Gasteiger partial charge is 0.338 e. The number of nitrogens with zero attached hydrogens (tertiary/aromatic N) is 1. The highest BCUT2D eigenvalue weighted by Gasteiger charge is 2.27. The van der Waals surface area contributed by atoms with Crippen molar-refractivity contribution in [3.8, 4) is 0 Å². The average molecular weight is 309 g/mol. The van der Waals surface area contributed by atoms with Gasteiger partial charge in [-0.05, 0) is 55.5 Å². The van der Waals surface area contributed by atoms with Crippen molar-refractivity contribution in [2.45, 2.75) is 51.7 Å². The monoisotopic (exact) mass is 309 g/mol. The lowest BCUT2D eigenvalue weighted by atomic mass is 10.0. The number of likely N-dealkylation sites (tertiary alicyclic amines) is 1. The molecule has 5 nitrogen and oxygen atoms in total. The van der Waals surface area contributed by atoms with Crippen LogP contribution < -0.4 is 10.6 Å². The maximum Gasteiger partial charge on any atom is 0.315 e. The number of carbonyl (C=O) groups is 2. The Labute approximate surface area is 129 Å². The summed E-state index contributed by atoms with van der Waals surface area (Å²) in [6, 6.07) is 1.44. The summed E-state index contributed by atoms with van der Waals surface area (Å²) >= 11 is 1.60. The van der Waals surface area contributed by atoms with Gasteiger partial charge in [0.2, 0.25) is 5.91 Å². The van der Waals surface area contributed by atoms with Crippen molar-refractivity contribution in [1.82, 2.24) is 15.5 Å². The topological polar surface area (TPSA) is 61.4 Å². The normalized spacial score (nSPS) is 19.9. The molecule has 2 heterocycles. The molecule has 0 bridgehead atoms. The van der Waals surface area contributed by atoms with E-state index in [2.05, 4.69) is 17.6 Å². The third kappa shape index (κ3) is 4.46. The van der Waals surface area contributed by atoms with Gasteiger partial charge >= 0.3 is 6.03 Å². The number of carbonyl (C=O) groups excluding carboxylic acids is 2. The number of nitrogens with one attached hydrogen (secondary N) is 2. The summed E-state index contributed by atoms with van der Waals surface area (Å²) in [4.78, 5) is 26.1. The van der Waals surface area contributed by atoms with Crippen LogP contribution in [-0.4, -0.2) is 35.5 Å². The summed E-state index contributed by atoms with van der Waals surface area (Å²) in [5.41, 5.74) is 1.07. The molecule has 2 atom stereocenters. The predicted molar refractivity (Wildman–Crippen MR) is 84.2 cm³/mol. The molecule has 0 aromatic carbocycles. The summed E-state index contributed by atoms with van der Waals surface area (Å²) in [5.74, 6) is 0.00730. The molecule has 0 spiro atoms. The van der Waals surface area contributed by atoms with Crippen molar-refractivity contribution in [2.24, 2.45) is 0 Å². The Hall–Kier alpha value is -1.56. The first-order valence-corrected chi connectivity index (χ1v) is 8.38. The highest BCUT2D eigenvalue weighted by molar-refractivity contribution is 7.07. The van der Waals surface area contributed by atoms with Crippen LogP contribution in [0.4, 0.5) is 4.79 Å². The second-order valence-electron chi connectivity index (χ2n) is 5.56. The fraction of sp³-hybridized carbons (Fsp3) is 0.600. The lowest BCUT2D eigenvalue weighted by Crippen LogP contribution is -2.53. The SMILES string of the molecule is C[C@H](NC(=O)NCc1ccsc1)C(=O)N1CCCC[C@@H]1C. The minimum Gasteiger partial charge on any atom is -0.338 e. The third-order valence-corrected chi connectivity index (χ3v) is 4.57. The Balaban J connectivity index is 1.78. The van der Waals surface area contributed by atoms with E-state index in [9.17, 15) is 9.59 Å². The molecule has 1 aromatic rings. The number of piperidine rings is 1. The Morgan fingerprint density at radius 3 is 2.95 bits per heavy atom. The standard InChI is InChI=1S/C15H23N3O2S/c1-11-5-3-4-7-18(11)14(19)12(2)17-15(20)16-9-13-6-8-21-10-13/h6,8,10-12H,3-5,7,9H2,1-2H3,(H2,16,17,20)/t11-,12-/m0/s1. The van der Waals surface area contributed by atoms with E-state index in [0.29, 0.717) is 6.54 Å². The summed E-state index contributed by atoms with van der Waals surface area (Å²) in [6.07, 6.45) is 3.27. The molecule has 2 N–H and O–H groups in total. The first-order valence-electron chi connectivity index (χ1n) is 7.44. The Morgan fingerprint density at radius 2 is 2.29 bits per heavy atom. The van der Waals surface area contributed by atoms with Crippen molar-refractivity contribution in [2.75, 3.05) is 6.54 Å². The molecule has 0 aliphatic carbocycles. The van der Waals surface area contributed by atoms with Gasteiger partial charge in [0, 0.05) is 19.1 Å². The third-order valence-electron chi connectivity index (χ3n) is 3.84. The van der Waals surface area contributed by atoms with Gasteiger partial charge in [0.1, 0.15) is 6.04 Å². The van der Waals surface area contributed by atoms with E-state index in [1.807, 2.05) is 21.7 Å². The molecule has 1 aliphatic heterocycles. The molecular weight excluding hydrogens is 286 g/mol. The van der Waals surface area contributed by atoms with E-state index >= 15 is 0 Å². The first-order chi connectivity index (χ1) is 10.1.